The van der Waals surface area contributed by atoms with Crippen LogP contribution in [0.3, 0.4) is 0 Å². The van der Waals surface area contributed by atoms with Gasteiger partial charge in [0.2, 0.25) is 0 Å². The number of fused-ring (bicyclic) bond motifs is 2. The Morgan fingerprint density at radius 1 is 1.18 bits per heavy atom. The Balaban J connectivity index is 1.40. The molecule has 2 aromatic rings. The SMILES string of the molecule is COC(CNC(N)=[N+](C)CCN1CCC(=C2c3ccn(C)c3CCn3ccnc32)CC1)OC. The zero-order valence-corrected chi connectivity index (χ0v) is 20.4. The van der Waals surface area contributed by atoms with Gasteiger partial charge in [0.1, 0.15) is 12.4 Å². The molecule has 0 radical (unpaired) electrons. The lowest BCUT2D eigenvalue weighted by atomic mass is 9.92. The summed E-state index contributed by atoms with van der Waals surface area (Å²) in [7, 11) is 7.40. The normalized spacial score (nSPS) is 17.6. The van der Waals surface area contributed by atoms with Crippen molar-refractivity contribution in [2.45, 2.75) is 32.1 Å². The summed E-state index contributed by atoms with van der Waals surface area (Å²) in [4.78, 5) is 7.28. The lowest BCUT2D eigenvalue weighted by molar-refractivity contribution is -0.500. The van der Waals surface area contributed by atoms with E-state index in [-0.39, 0.29) is 6.29 Å². The van der Waals surface area contributed by atoms with Crippen molar-refractivity contribution in [1.82, 2.24) is 24.3 Å². The van der Waals surface area contributed by atoms with Gasteiger partial charge in [-0.2, -0.15) is 0 Å². The maximum atomic E-state index is 6.19. The monoisotopic (exact) mass is 456 g/mol. The first-order valence-corrected chi connectivity index (χ1v) is 11.7. The average molecular weight is 457 g/mol. The number of aromatic nitrogens is 3. The summed E-state index contributed by atoms with van der Waals surface area (Å²) >= 11 is 0. The molecule has 0 unspecified atom stereocenters. The lowest BCUT2D eigenvalue weighted by Gasteiger charge is -2.29. The first-order chi connectivity index (χ1) is 16.0. The summed E-state index contributed by atoms with van der Waals surface area (Å²) in [5.41, 5.74) is 11.9. The van der Waals surface area contributed by atoms with Crippen molar-refractivity contribution in [1.29, 1.82) is 0 Å². The van der Waals surface area contributed by atoms with Crippen LogP contribution in [0.1, 0.15) is 29.9 Å². The number of rotatable bonds is 7. The fraction of sp³-hybridized carbons (Fsp3) is 0.583. The van der Waals surface area contributed by atoms with Gasteiger partial charge in [0.15, 0.2) is 6.29 Å². The van der Waals surface area contributed by atoms with Crippen molar-refractivity contribution >= 4 is 11.5 Å². The molecular weight excluding hydrogens is 418 g/mol. The fourth-order valence-corrected chi connectivity index (χ4v) is 4.81. The summed E-state index contributed by atoms with van der Waals surface area (Å²) in [6.07, 6.45) is 9.11. The summed E-state index contributed by atoms with van der Waals surface area (Å²) in [6.45, 7) is 5.45. The van der Waals surface area contributed by atoms with E-state index in [1.54, 1.807) is 14.2 Å². The zero-order chi connectivity index (χ0) is 23.4. The minimum Gasteiger partial charge on any atom is -0.354 e. The Morgan fingerprint density at radius 2 is 1.94 bits per heavy atom. The molecule has 180 valence electrons. The highest BCUT2D eigenvalue weighted by atomic mass is 16.7. The number of ether oxygens (including phenoxy) is 2. The second-order valence-corrected chi connectivity index (χ2v) is 8.89. The van der Waals surface area contributed by atoms with Crippen LogP contribution in [0.25, 0.3) is 5.57 Å². The summed E-state index contributed by atoms with van der Waals surface area (Å²) in [5.74, 6) is 1.76. The number of hydrogen-bond acceptors (Lipinski definition) is 4. The van der Waals surface area contributed by atoms with Crippen LogP contribution in [0.5, 0.6) is 0 Å². The highest BCUT2D eigenvalue weighted by Crippen LogP contribution is 2.35. The van der Waals surface area contributed by atoms with Crippen LogP contribution in [0, 0.1) is 0 Å². The quantitative estimate of drug-likeness (QED) is 0.278. The van der Waals surface area contributed by atoms with E-state index in [1.165, 1.54) is 22.4 Å². The maximum Gasteiger partial charge on any atom is 0.343 e. The van der Waals surface area contributed by atoms with Gasteiger partial charge in [-0.05, 0) is 18.9 Å². The molecule has 0 aliphatic carbocycles. The topological polar surface area (TPSA) is 85.5 Å². The number of guanidine groups is 1. The molecule has 3 N–H and O–H groups in total. The average Bonchev–Trinajstić information content (AvgIpc) is 3.40. The van der Waals surface area contributed by atoms with Gasteiger partial charge in [0, 0.05) is 89.3 Å². The fourth-order valence-electron chi connectivity index (χ4n) is 4.81. The zero-order valence-electron chi connectivity index (χ0n) is 20.4. The van der Waals surface area contributed by atoms with Crippen molar-refractivity contribution in [3.63, 3.8) is 0 Å². The van der Waals surface area contributed by atoms with Crippen LogP contribution >= 0.6 is 0 Å². The molecule has 0 saturated carbocycles. The first-order valence-electron chi connectivity index (χ1n) is 11.7. The van der Waals surface area contributed by atoms with Crippen LogP contribution < -0.4 is 11.1 Å². The third kappa shape index (κ3) is 5.15. The molecule has 1 fully saturated rings. The number of imidazole rings is 1. The molecule has 33 heavy (non-hydrogen) atoms. The van der Waals surface area contributed by atoms with Gasteiger partial charge < -0.3 is 18.6 Å². The van der Waals surface area contributed by atoms with Crippen molar-refractivity contribution in [2.75, 3.05) is 54.0 Å². The third-order valence-corrected chi connectivity index (χ3v) is 6.95. The highest BCUT2D eigenvalue weighted by molar-refractivity contribution is 5.81. The standard InChI is InChI=1S/C24H37N7O2/c1-28-10-7-19-20(28)8-13-31-14-9-26-23(31)22(19)18-5-11-30(12-6-18)16-15-29(2)24(25)27-17-21(32-3)33-4/h7,9-10,14,21H,5-6,8,11-13,15-17H2,1-4H3,(H2,25,27)/p+1. The Labute approximate surface area is 196 Å². The van der Waals surface area contributed by atoms with Crippen molar-refractivity contribution in [3.05, 3.63) is 47.3 Å². The van der Waals surface area contributed by atoms with Crippen LogP contribution in [-0.2, 0) is 29.5 Å². The Bertz CT molecular complexity index is 1010. The van der Waals surface area contributed by atoms with E-state index in [0.29, 0.717) is 12.5 Å². The highest BCUT2D eigenvalue weighted by Gasteiger charge is 2.26. The van der Waals surface area contributed by atoms with E-state index in [9.17, 15) is 0 Å². The Kier molecular flexibility index (Phi) is 7.52. The number of hydrogen-bond donors (Lipinski definition) is 2. The summed E-state index contributed by atoms with van der Waals surface area (Å²) in [6, 6.07) is 2.27. The molecule has 2 aliphatic rings. The van der Waals surface area contributed by atoms with Crippen LogP contribution in [-0.4, -0.2) is 89.8 Å². The number of aryl methyl sites for hydroxylation is 2. The molecule has 4 rings (SSSR count). The van der Waals surface area contributed by atoms with Crippen molar-refractivity contribution < 1.29 is 14.0 Å². The molecule has 1 saturated heterocycles. The van der Waals surface area contributed by atoms with Crippen LogP contribution in [0.15, 0.2) is 30.2 Å². The summed E-state index contributed by atoms with van der Waals surface area (Å²) in [5, 5.41) is 3.18. The van der Waals surface area contributed by atoms with Crippen LogP contribution in [0.2, 0.25) is 0 Å². The predicted octanol–water partition coefficient (Wildman–Crippen LogP) is 0.841. The van der Waals surface area contributed by atoms with E-state index < -0.39 is 0 Å². The molecule has 2 aliphatic heterocycles. The molecule has 0 spiro atoms. The molecular formula is C24H38N7O2+. The third-order valence-electron chi connectivity index (χ3n) is 6.95. The van der Waals surface area contributed by atoms with E-state index in [1.807, 2.05) is 13.2 Å². The minimum atomic E-state index is -0.310. The molecule has 0 bridgehead atoms. The predicted molar refractivity (Wildman–Crippen MR) is 129 cm³/mol. The maximum absolute atomic E-state index is 6.19. The number of nitrogens with one attached hydrogen (secondary N) is 1. The smallest absolute Gasteiger partial charge is 0.343 e. The Hall–Kier alpha value is -2.62. The number of nitrogens with two attached hydrogens (primary N) is 1. The largest absolute Gasteiger partial charge is 0.354 e. The van der Waals surface area contributed by atoms with Crippen LogP contribution in [0.4, 0.5) is 0 Å². The molecule has 9 heteroatoms. The minimum absolute atomic E-state index is 0.310. The van der Waals surface area contributed by atoms with Gasteiger partial charge in [-0.15, -0.1) is 0 Å². The molecule has 0 amide bonds. The van der Waals surface area contributed by atoms with Gasteiger partial charge in [-0.25, -0.2) is 4.98 Å². The Morgan fingerprint density at radius 3 is 2.67 bits per heavy atom. The van der Waals surface area contributed by atoms with Gasteiger partial charge in [0.05, 0.1) is 13.6 Å². The number of likely N-dealkylation sites (N-methyl/N-ethyl adjacent to an activating group) is 1. The van der Waals surface area contributed by atoms with Gasteiger partial charge >= 0.3 is 5.96 Å². The van der Waals surface area contributed by atoms with Crippen molar-refractivity contribution in [3.8, 4) is 0 Å². The van der Waals surface area contributed by atoms with E-state index >= 15 is 0 Å². The van der Waals surface area contributed by atoms with Gasteiger partial charge in [0.25, 0.3) is 0 Å². The van der Waals surface area contributed by atoms with Crippen molar-refractivity contribution in [2.24, 2.45) is 12.8 Å². The number of piperidine rings is 1. The van der Waals surface area contributed by atoms with E-state index in [2.05, 4.69) is 49.4 Å². The van der Waals surface area contributed by atoms with Gasteiger partial charge in [-0.1, -0.05) is 5.57 Å². The molecule has 4 heterocycles. The number of likely N-dealkylation sites (tertiary alicyclic amines) is 1. The molecule has 0 aromatic carbocycles. The lowest BCUT2D eigenvalue weighted by Crippen LogP contribution is -2.45. The number of methoxy groups -OCH3 is 2. The molecule has 9 nitrogen and oxygen atoms in total. The number of nitrogens with zero attached hydrogens (tertiary/aromatic N) is 5. The second kappa shape index (κ2) is 10.5. The summed E-state index contributed by atoms with van der Waals surface area (Å²) < 4.78 is 17.0. The second-order valence-electron chi connectivity index (χ2n) is 8.89. The van der Waals surface area contributed by atoms with Gasteiger partial charge in [-0.3, -0.25) is 20.5 Å². The van der Waals surface area contributed by atoms with E-state index in [0.717, 1.165) is 57.8 Å². The molecule has 0 atom stereocenters. The first kappa shape index (κ1) is 23.5. The molecule has 2 aromatic heterocycles. The van der Waals surface area contributed by atoms with E-state index in [4.69, 9.17) is 20.2 Å².